The number of benzene rings is 1. The van der Waals surface area contributed by atoms with Crippen molar-refractivity contribution in [1.82, 2.24) is 4.90 Å². The molecule has 0 heterocycles. The van der Waals surface area contributed by atoms with Crippen LogP contribution in [0.1, 0.15) is 17.5 Å². The van der Waals surface area contributed by atoms with E-state index >= 15 is 0 Å². The van der Waals surface area contributed by atoms with Gasteiger partial charge in [-0.25, -0.2) is 0 Å². The zero-order valence-corrected chi connectivity index (χ0v) is 11.8. The molecule has 1 aromatic carbocycles. The summed E-state index contributed by atoms with van der Waals surface area (Å²) in [5.74, 6) is 1.03. The third-order valence-electron chi connectivity index (χ3n) is 3.88. The van der Waals surface area contributed by atoms with Crippen molar-refractivity contribution < 1.29 is 4.74 Å². The van der Waals surface area contributed by atoms with Crippen molar-refractivity contribution in [2.24, 2.45) is 0 Å². The lowest BCUT2D eigenvalue weighted by molar-refractivity contribution is 0.218. The Hall–Kier alpha value is -1.54. The highest BCUT2D eigenvalue weighted by molar-refractivity contribution is 5.42. The summed E-state index contributed by atoms with van der Waals surface area (Å²) in [6.45, 7) is 9.55. The number of hydrogen-bond acceptors (Lipinski definition) is 2. The summed E-state index contributed by atoms with van der Waals surface area (Å²) in [6, 6.07) is 6.93. The standard InChI is InChI=1S/C17H23NO/c1-4-11-18(12-5-2)15-10-9-14-7-6-8-17(19-3)16(14)13-15/h4-8,15H,1-2,9-13H2,3H3. The molecule has 102 valence electrons. The van der Waals surface area contributed by atoms with Crippen molar-refractivity contribution in [2.75, 3.05) is 20.2 Å². The van der Waals surface area contributed by atoms with Gasteiger partial charge in [0.15, 0.2) is 0 Å². The van der Waals surface area contributed by atoms with Crippen molar-refractivity contribution in [3.63, 3.8) is 0 Å². The van der Waals surface area contributed by atoms with Crippen LogP contribution in [0.5, 0.6) is 5.75 Å². The van der Waals surface area contributed by atoms with Crippen LogP contribution in [-0.2, 0) is 12.8 Å². The van der Waals surface area contributed by atoms with Crippen molar-refractivity contribution >= 4 is 0 Å². The molecule has 0 saturated carbocycles. The van der Waals surface area contributed by atoms with Crippen LogP contribution in [0.25, 0.3) is 0 Å². The Balaban J connectivity index is 2.19. The molecule has 1 unspecified atom stereocenters. The Morgan fingerprint density at radius 3 is 2.68 bits per heavy atom. The summed E-state index contributed by atoms with van der Waals surface area (Å²) in [5, 5.41) is 0. The van der Waals surface area contributed by atoms with Crippen LogP contribution in [0.3, 0.4) is 0 Å². The predicted octanol–water partition coefficient (Wildman–Crippen LogP) is 3.23. The van der Waals surface area contributed by atoms with E-state index in [2.05, 4.69) is 36.3 Å². The molecule has 0 aromatic heterocycles. The van der Waals surface area contributed by atoms with Crippen LogP contribution in [-0.4, -0.2) is 31.1 Å². The van der Waals surface area contributed by atoms with Crippen molar-refractivity contribution in [3.05, 3.63) is 54.6 Å². The Morgan fingerprint density at radius 1 is 1.32 bits per heavy atom. The minimum Gasteiger partial charge on any atom is -0.496 e. The third-order valence-corrected chi connectivity index (χ3v) is 3.88. The molecule has 0 bridgehead atoms. The van der Waals surface area contributed by atoms with Gasteiger partial charge in [-0.2, -0.15) is 0 Å². The SMILES string of the molecule is C=CCN(CC=C)C1CCc2cccc(OC)c2C1. The molecular weight excluding hydrogens is 234 g/mol. The predicted molar refractivity (Wildman–Crippen MR) is 80.8 cm³/mol. The highest BCUT2D eigenvalue weighted by atomic mass is 16.5. The van der Waals surface area contributed by atoms with Crippen LogP contribution >= 0.6 is 0 Å². The normalized spacial score (nSPS) is 17.9. The van der Waals surface area contributed by atoms with Gasteiger partial charge in [0.2, 0.25) is 0 Å². The second-order valence-electron chi connectivity index (χ2n) is 5.03. The number of nitrogens with zero attached hydrogens (tertiary/aromatic N) is 1. The third kappa shape index (κ3) is 3.07. The maximum atomic E-state index is 5.50. The molecule has 2 heteroatoms. The van der Waals surface area contributed by atoms with Crippen LogP contribution < -0.4 is 4.74 Å². The number of methoxy groups -OCH3 is 1. The van der Waals surface area contributed by atoms with E-state index in [1.54, 1.807) is 7.11 Å². The van der Waals surface area contributed by atoms with Gasteiger partial charge in [-0.15, -0.1) is 13.2 Å². The van der Waals surface area contributed by atoms with E-state index in [0.29, 0.717) is 6.04 Å². The molecule has 0 spiro atoms. The lowest BCUT2D eigenvalue weighted by Gasteiger charge is -2.34. The molecular formula is C17H23NO. The Bertz CT molecular complexity index is 428. The highest BCUT2D eigenvalue weighted by Gasteiger charge is 2.25. The lowest BCUT2D eigenvalue weighted by Crippen LogP contribution is -2.39. The molecule has 0 amide bonds. The highest BCUT2D eigenvalue weighted by Crippen LogP contribution is 2.31. The fraction of sp³-hybridized carbons (Fsp3) is 0.412. The number of ether oxygens (including phenoxy) is 1. The van der Waals surface area contributed by atoms with E-state index in [4.69, 9.17) is 4.74 Å². The molecule has 2 nitrogen and oxygen atoms in total. The molecule has 19 heavy (non-hydrogen) atoms. The summed E-state index contributed by atoms with van der Waals surface area (Å²) in [6.07, 6.45) is 7.33. The first-order valence-corrected chi connectivity index (χ1v) is 6.90. The number of fused-ring (bicyclic) bond motifs is 1. The molecule has 1 aliphatic rings. The van der Waals surface area contributed by atoms with Crippen LogP contribution in [0.2, 0.25) is 0 Å². The minimum absolute atomic E-state index is 0.555. The van der Waals surface area contributed by atoms with Crippen molar-refractivity contribution in [2.45, 2.75) is 25.3 Å². The first kappa shape index (κ1) is 13.9. The fourth-order valence-corrected chi connectivity index (χ4v) is 2.94. The van der Waals surface area contributed by atoms with Crippen molar-refractivity contribution in [3.8, 4) is 5.75 Å². The second-order valence-corrected chi connectivity index (χ2v) is 5.03. The number of hydrogen-bond donors (Lipinski definition) is 0. The van der Waals surface area contributed by atoms with Crippen LogP contribution in [0, 0.1) is 0 Å². The molecule has 0 N–H and O–H groups in total. The maximum Gasteiger partial charge on any atom is 0.122 e. The number of aryl methyl sites for hydroxylation is 1. The van der Waals surface area contributed by atoms with Crippen molar-refractivity contribution in [1.29, 1.82) is 0 Å². The van der Waals surface area contributed by atoms with E-state index < -0.39 is 0 Å². The van der Waals surface area contributed by atoms with Crippen LogP contribution in [0.15, 0.2) is 43.5 Å². The zero-order chi connectivity index (χ0) is 13.7. The Morgan fingerprint density at radius 2 is 2.05 bits per heavy atom. The average molecular weight is 257 g/mol. The summed E-state index contributed by atoms with van der Waals surface area (Å²) in [4.78, 5) is 2.44. The van der Waals surface area contributed by atoms with Gasteiger partial charge in [-0.1, -0.05) is 24.3 Å². The zero-order valence-electron chi connectivity index (χ0n) is 11.8. The fourth-order valence-electron chi connectivity index (χ4n) is 2.94. The van der Waals surface area contributed by atoms with Gasteiger partial charge in [0.05, 0.1) is 7.11 Å². The maximum absolute atomic E-state index is 5.50. The van der Waals surface area contributed by atoms with Gasteiger partial charge in [0, 0.05) is 19.1 Å². The molecule has 0 radical (unpaired) electrons. The van der Waals surface area contributed by atoms with E-state index in [0.717, 1.165) is 31.7 Å². The molecule has 0 fully saturated rings. The van der Waals surface area contributed by atoms with E-state index in [1.165, 1.54) is 17.5 Å². The second kappa shape index (κ2) is 6.58. The van der Waals surface area contributed by atoms with Gasteiger partial charge in [0.25, 0.3) is 0 Å². The van der Waals surface area contributed by atoms with Gasteiger partial charge >= 0.3 is 0 Å². The number of rotatable bonds is 6. The Labute approximate surface area is 116 Å². The minimum atomic E-state index is 0.555. The molecule has 0 aliphatic heterocycles. The quantitative estimate of drug-likeness (QED) is 0.725. The smallest absolute Gasteiger partial charge is 0.122 e. The summed E-state index contributed by atoms with van der Waals surface area (Å²) in [5.41, 5.74) is 2.81. The lowest BCUT2D eigenvalue weighted by atomic mass is 9.86. The molecule has 0 saturated heterocycles. The first-order valence-electron chi connectivity index (χ1n) is 6.90. The Kier molecular flexibility index (Phi) is 4.80. The van der Waals surface area contributed by atoms with E-state index in [1.807, 2.05) is 12.2 Å². The average Bonchev–Trinajstić information content (AvgIpc) is 2.46. The van der Waals surface area contributed by atoms with E-state index in [9.17, 15) is 0 Å². The van der Waals surface area contributed by atoms with E-state index in [-0.39, 0.29) is 0 Å². The topological polar surface area (TPSA) is 12.5 Å². The molecule has 1 atom stereocenters. The monoisotopic (exact) mass is 257 g/mol. The first-order chi connectivity index (χ1) is 9.30. The summed E-state index contributed by atoms with van der Waals surface area (Å²) in [7, 11) is 1.75. The largest absolute Gasteiger partial charge is 0.496 e. The van der Waals surface area contributed by atoms with Gasteiger partial charge < -0.3 is 4.74 Å². The van der Waals surface area contributed by atoms with Gasteiger partial charge in [-0.05, 0) is 36.5 Å². The summed E-state index contributed by atoms with van der Waals surface area (Å²) < 4.78 is 5.50. The molecule has 2 rings (SSSR count). The van der Waals surface area contributed by atoms with Gasteiger partial charge in [0.1, 0.15) is 5.75 Å². The summed E-state index contributed by atoms with van der Waals surface area (Å²) >= 11 is 0. The molecule has 1 aromatic rings. The molecule has 1 aliphatic carbocycles. The van der Waals surface area contributed by atoms with Gasteiger partial charge in [-0.3, -0.25) is 4.90 Å². The van der Waals surface area contributed by atoms with Crippen LogP contribution in [0.4, 0.5) is 0 Å².